The molecule has 27 heavy (non-hydrogen) atoms. The molecule has 0 aromatic heterocycles. The third kappa shape index (κ3) is 2.12. The van der Waals surface area contributed by atoms with E-state index >= 15 is 0 Å². The molecule has 6 rings (SSSR count). The molecule has 6 atom stereocenters. The van der Waals surface area contributed by atoms with E-state index in [2.05, 4.69) is 12.2 Å². The van der Waals surface area contributed by atoms with E-state index in [1.807, 2.05) is 0 Å². The number of esters is 1. The summed E-state index contributed by atoms with van der Waals surface area (Å²) in [5.74, 6) is -1.08. The Morgan fingerprint density at radius 3 is 2.26 bits per heavy atom. The van der Waals surface area contributed by atoms with E-state index in [9.17, 15) is 24.5 Å². The molecule has 0 spiro atoms. The maximum absolute atomic E-state index is 13.1. The van der Waals surface area contributed by atoms with Gasteiger partial charge in [0.05, 0.1) is 22.4 Å². The quantitative estimate of drug-likeness (QED) is 0.202. The number of allylic oxidation sites excluding steroid dienone is 2. The van der Waals surface area contributed by atoms with Gasteiger partial charge in [-0.15, -0.1) is 0 Å². The molecule has 8 heteroatoms. The van der Waals surface area contributed by atoms with E-state index in [1.54, 1.807) is 0 Å². The van der Waals surface area contributed by atoms with Gasteiger partial charge in [0, 0.05) is 13.0 Å². The summed E-state index contributed by atoms with van der Waals surface area (Å²) in [6.07, 6.45) is 5.21. The van der Waals surface area contributed by atoms with Crippen molar-refractivity contribution < 1.29 is 24.0 Å². The van der Waals surface area contributed by atoms with Crippen molar-refractivity contribution in [1.29, 1.82) is 0 Å². The molecule has 0 N–H and O–H groups in total. The van der Waals surface area contributed by atoms with Gasteiger partial charge in [-0.25, -0.2) is 4.90 Å². The first-order valence-corrected chi connectivity index (χ1v) is 8.91. The summed E-state index contributed by atoms with van der Waals surface area (Å²) in [6.45, 7) is 1.14. The minimum Gasteiger partial charge on any atom is -0.419 e. The molecule has 1 saturated heterocycles. The summed E-state index contributed by atoms with van der Waals surface area (Å²) in [5.41, 5.74) is -0.308. The summed E-state index contributed by atoms with van der Waals surface area (Å²) in [6, 6.07) is 3.79. The van der Waals surface area contributed by atoms with Crippen molar-refractivity contribution in [3.8, 4) is 5.75 Å². The van der Waals surface area contributed by atoms with Crippen LogP contribution in [-0.4, -0.2) is 22.7 Å². The van der Waals surface area contributed by atoms with Gasteiger partial charge in [0.15, 0.2) is 0 Å². The zero-order valence-corrected chi connectivity index (χ0v) is 14.4. The molecule has 2 saturated carbocycles. The van der Waals surface area contributed by atoms with E-state index in [-0.39, 0.29) is 46.9 Å². The maximum atomic E-state index is 13.1. The second kappa shape index (κ2) is 5.25. The number of carbonyl (C=O) groups excluding carboxylic acids is 3. The van der Waals surface area contributed by atoms with Gasteiger partial charge in [-0.05, 0) is 42.2 Å². The average Bonchev–Trinajstić information content (AvgIpc) is 3.39. The molecule has 1 aromatic carbocycles. The lowest BCUT2D eigenvalue weighted by atomic mass is 9.63. The van der Waals surface area contributed by atoms with Gasteiger partial charge in [0.25, 0.3) is 0 Å². The normalized spacial score (nSPS) is 35.1. The highest BCUT2D eigenvalue weighted by Gasteiger charge is 2.67. The van der Waals surface area contributed by atoms with Gasteiger partial charge in [0.2, 0.25) is 17.6 Å². The molecule has 138 valence electrons. The van der Waals surface area contributed by atoms with Crippen LogP contribution in [0.15, 0.2) is 30.4 Å². The molecule has 5 aliphatic rings. The van der Waals surface area contributed by atoms with Crippen LogP contribution < -0.4 is 9.64 Å². The van der Waals surface area contributed by atoms with Crippen molar-refractivity contribution in [2.24, 2.45) is 35.5 Å². The molecule has 2 amide bonds. The summed E-state index contributed by atoms with van der Waals surface area (Å²) in [7, 11) is 0. The Bertz CT molecular complexity index is 918. The van der Waals surface area contributed by atoms with Crippen molar-refractivity contribution in [1.82, 2.24) is 0 Å². The monoisotopic (exact) mass is 368 g/mol. The van der Waals surface area contributed by atoms with Crippen molar-refractivity contribution >= 4 is 29.2 Å². The number of ether oxygens (including phenoxy) is 1. The van der Waals surface area contributed by atoms with E-state index in [4.69, 9.17) is 4.74 Å². The molecule has 2 bridgehead atoms. The Morgan fingerprint density at radius 2 is 1.74 bits per heavy atom. The molecule has 1 heterocycles. The first-order chi connectivity index (χ1) is 12.9. The molecule has 0 radical (unpaired) electrons. The number of amides is 2. The fraction of sp³-hybridized carbons (Fsp3) is 0.421. The van der Waals surface area contributed by atoms with Crippen LogP contribution in [0.2, 0.25) is 0 Å². The number of hydrogen-bond donors (Lipinski definition) is 0. The van der Waals surface area contributed by atoms with E-state index in [0.717, 1.165) is 24.3 Å². The second-order valence-electron chi connectivity index (χ2n) is 7.67. The average molecular weight is 368 g/mol. The van der Waals surface area contributed by atoms with Crippen LogP contribution in [0.4, 0.5) is 11.4 Å². The first kappa shape index (κ1) is 16.2. The number of benzene rings is 1. The van der Waals surface area contributed by atoms with Gasteiger partial charge >= 0.3 is 11.7 Å². The van der Waals surface area contributed by atoms with E-state index < -0.39 is 16.6 Å². The van der Waals surface area contributed by atoms with Gasteiger partial charge in [-0.2, -0.15) is 0 Å². The Kier molecular flexibility index (Phi) is 3.14. The second-order valence-corrected chi connectivity index (χ2v) is 7.67. The number of nitro groups is 1. The van der Waals surface area contributed by atoms with E-state index in [0.29, 0.717) is 11.8 Å². The van der Waals surface area contributed by atoms with Gasteiger partial charge in [-0.3, -0.25) is 24.5 Å². The summed E-state index contributed by atoms with van der Waals surface area (Å²) >= 11 is 0. The zero-order valence-electron chi connectivity index (χ0n) is 14.4. The highest BCUT2D eigenvalue weighted by Crippen LogP contribution is 2.65. The number of imide groups is 1. The molecule has 1 aromatic rings. The van der Waals surface area contributed by atoms with Crippen LogP contribution in [0.5, 0.6) is 5.75 Å². The van der Waals surface area contributed by atoms with Crippen LogP contribution in [0.1, 0.15) is 13.3 Å². The Hall–Kier alpha value is -3.03. The van der Waals surface area contributed by atoms with Crippen molar-refractivity contribution in [3.63, 3.8) is 0 Å². The standard InChI is InChI=1S/C19H16N2O6/c1-8(22)27-15-5-2-9(6-14(15)21(25)26)20-18(23)16-10-3-4-11(13-7-12(10)13)17(16)19(20)24/h2-6,10-13,16-17H,7H2,1H3/t10-,11-,12-,13-,16-,17+/m0/s1. The highest BCUT2D eigenvalue weighted by atomic mass is 16.6. The highest BCUT2D eigenvalue weighted by molar-refractivity contribution is 6.22. The smallest absolute Gasteiger partial charge is 0.313 e. The Balaban J connectivity index is 1.53. The predicted octanol–water partition coefficient (Wildman–Crippen LogP) is 2.08. The topological polar surface area (TPSA) is 107 Å². The van der Waals surface area contributed by atoms with Crippen LogP contribution in [0.25, 0.3) is 0 Å². The Labute approximate surface area is 153 Å². The molecule has 3 fully saturated rings. The van der Waals surface area contributed by atoms with Crippen LogP contribution in [0.3, 0.4) is 0 Å². The predicted molar refractivity (Wildman–Crippen MR) is 91.6 cm³/mol. The van der Waals surface area contributed by atoms with Crippen molar-refractivity contribution in [2.45, 2.75) is 13.3 Å². The number of rotatable bonds is 3. The number of hydrogen-bond acceptors (Lipinski definition) is 6. The van der Waals surface area contributed by atoms with Gasteiger partial charge in [0.1, 0.15) is 0 Å². The van der Waals surface area contributed by atoms with Crippen LogP contribution >= 0.6 is 0 Å². The first-order valence-electron chi connectivity index (χ1n) is 8.91. The largest absolute Gasteiger partial charge is 0.419 e. The lowest BCUT2D eigenvalue weighted by Gasteiger charge is -2.37. The minimum absolute atomic E-state index is 0.0850. The molecule has 8 nitrogen and oxygen atoms in total. The summed E-state index contributed by atoms with van der Waals surface area (Å²) in [4.78, 5) is 49.0. The van der Waals surface area contributed by atoms with Crippen molar-refractivity contribution in [3.05, 3.63) is 40.5 Å². The summed E-state index contributed by atoms with van der Waals surface area (Å²) < 4.78 is 4.86. The number of anilines is 1. The summed E-state index contributed by atoms with van der Waals surface area (Å²) in [5, 5.41) is 11.4. The number of nitrogens with zero attached hydrogens (tertiary/aromatic N) is 2. The van der Waals surface area contributed by atoms with Gasteiger partial charge in [-0.1, -0.05) is 12.2 Å². The third-order valence-corrected chi connectivity index (χ3v) is 6.31. The van der Waals surface area contributed by atoms with E-state index in [1.165, 1.54) is 12.1 Å². The number of carbonyl (C=O) groups is 3. The SMILES string of the molecule is CC(=O)Oc1ccc(N2C(=O)[C@@H]3[C@H]4C=C[C@@H]([C@@H]5C[C@@H]45)[C@@H]3C2=O)cc1[N+](=O)[O-]. The fourth-order valence-electron chi connectivity index (χ4n) is 5.24. The minimum atomic E-state index is -0.694. The maximum Gasteiger partial charge on any atom is 0.313 e. The molecular formula is C19H16N2O6. The zero-order chi connectivity index (χ0) is 19.0. The fourth-order valence-corrected chi connectivity index (χ4v) is 5.24. The lowest BCUT2D eigenvalue weighted by molar-refractivity contribution is -0.385. The number of nitro benzene ring substituents is 1. The lowest BCUT2D eigenvalue weighted by Crippen LogP contribution is -2.40. The molecular weight excluding hydrogens is 352 g/mol. The molecule has 4 aliphatic carbocycles. The molecule has 1 aliphatic heterocycles. The molecule has 0 unspecified atom stereocenters. The van der Waals surface area contributed by atoms with Crippen LogP contribution in [-0.2, 0) is 14.4 Å². The van der Waals surface area contributed by atoms with Crippen molar-refractivity contribution in [2.75, 3.05) is 4.90 Å². The third-order valence-electron chi connectivity index (χ3n) is 6.31. The Morgan fingerprint density at radius 1 is 1.15 bits per heavy atom. The van der Waals surface area contributed by atoms with Crippen LogP contribution in [0, 0.1) is 45.6 Å². The van der Waals surface area contributed by atoms with Gasteiger partial charge < -0.3 is 4.74 Å².